The lowest BCUT2D eigenvalue weighted by molar-refractivity contribution is 0.634. The smallest absolute Gasteiger partial charge is 0.270 e. The molecule has 0 aliphatic carbocycles. The molecule has 3 aromatic carbocycles. The molecule has 38 heavy (non-hydrogen) atoms. The Morgan fingerprint density at radius 3 is 1.92 bits per heavy atom. The average Bonchev–Trinajstić information content (AvgIpc) is 3.54. The highest BCUT2D eigenvalue weighted by molar-refractivity contribution is 7.28. The lowest BCUT2D eigenvalue weighted by atomic mass is 9.97. The third-order valence-corrected chi connectivity index (χ3v) is 9.33. The second-order valence-electron chi connectivity index (χ2n) is 9.52. The number of rotatable bonds is 7. The fourth-order valence-electron chi connectivity index (χ4n) is 5.24. The monoisotopic (exact) mass is 544 g/mol. The second kappa shape index (κ2) is 9.14. The van der Waals surface area contributed by atoms with E-state index in [1.54, 1.807) is 23.5 Å². The van der Waals surface area contributed by atoms with Gasteiger partial charge in [0.2, 0.25) is 5.13 Å². The van der Waals surface area contributed by atoms with Crippen LogP contribution >= 0.6 is 22.7 Å². The SMILES string of the molecule is CCCCCCCc1cc2sc(-n3c(=O)c4c(N)c5c(=O)c6ccccc6c(=O)c5c(N)c4c3=O)nc2s1. The number of hydrogen-bond donors (Lipinski definition) is 2. The first-order valence-electron chi connectivity index (χ1n) is 12.5. The molecule has 0 bridgehead atoms. The number of anilines is 2. The zero-order valence-corrected chi connectivity index (χ0v) is 22.3. The van der Waals surface area contributed by atoms with Crippen molar-refractivity contribution in [2.45, 2.75) is 45.4 Å². The van der Waals surface area contributed by atoms with Crippen LogP contribution in [0.15, 0.2) is 49.5 Å². The van der Waals surface area contributed by atoms with Crippen molar-refractivity contribution in [2.24, 2.45) is 0 Å². The summed E-state index contributed by atoms with van der Waals surface area (Å²) in [4.78, 5) is 60.2. The van der Waals surface area contributed by atoms with E-state index in [1.807, 2.05) is 0 Å². The molecular weight excluding hydrogens is 520 g/mol. The molecule has 0 radical (unpaired) electrons. The van der Waals surface area contributed by atoms with Crippen molar-refractivity contribution < 1.29 is 0 Å². The normalized spacial score (nSPS) is 12.0. The van der Waals surface area contributed by atoms with Gasteiger partial charge in [0, 0.05) is 15.6 Å². The van der Waals surface area contributed by atoms with Gasteiger partial charge in [0.25, 0.3) is 11.1 Å². The van der Waals surface area contributed by atoms with Crippen LogP contribution in [0.25, 0.3) is 47.0 Å². The Kier molecular flexibility index (Phi) is 5.88. The summed E-state index contributed by atoms with van der Waals surface area (Å²) in [6, 6.07) is 8.41. The minimum Gasteiger partial charge on any atom is -0.397 e. The molecule has 0 unspecified atom stereocenters. The van der Waals surface area contributed by atoms with Crippen molar-refractivity contribution in [1.82, 2.24) is 9.55 Å². The summed E-state index contributed by atoms with van der Waals surface area (Å²) in [5, 5.41) is 0.0196. The standard InChI is InChI=1S/C28H24N4O4S2/c1-2-3-4-5-6-9-13-12-16-25(37-13)31-28(38-16)32-26(35)19-20(27(32)36)22(30)18-17(21(19)29)23(33)14-10-7-8-11-15(14)24(18)34/h7-8,10-12H,2-6,9,29-30H2,1H3. The number of benzene rings is 3. The van der Waals surface area contributed by atoms with Crippen LogP contribution < -0.4 is 33.4 Å². The summed E-state index contributed by atoms with van der Waals surface area (Å²) in [5.41, 5.74) is 9.85. The first kappa shape index (κ1) is 24.4. The number of aromatic nitrogens is 2. The van der Waals surface area contributed by atoms with Gasteiger partial charge >= 0.3 is 0 Å². The quantitative estimate of drug-likeness (QED) is 0.130. The van der Waals surface area contributed by atoms with E-state index in [2.05, 4.69) is 18.0 Å². The Balaban J connectivity index is 1.52. The number of unbranched alkanes of at least 4 members (excludes halogenated alkanes) is 4. The van der Waals surface area contributed by atoms with Crippen molar-refractivity contribution in [2.75, 3.05) is 11.5 Å². The van der Waals surface area contributed by atoms with Gasteiger partial charge in [-0.2, -0.15) is 0 Å². The van der Waals surface area contributed by atoms with E-state index in [0.717, 1.165) is 26.9 Å². The van der Waals surface area contributed by atoms with Gasteiger partial charge in [-0.15, -0.1) is 11.3 Å². The number of thiazole rings is 1. The molecule has 6 aromatic rings. The van der Waals surface area contributed by atoms with Crippen molar-refractivity contribution >= 4 is 75.9 Å². The third kappa shape index (κ3) is 3.51. The zero-order valence-electron chi connectivity index (χ0n) is 20.6. The fraction of sp³-hybridized carbons (Fsp3) is 0.250. The maximum Gasteiger partial charge on any atom is 0.270 e. The molecule has 8 nitrogen and oxygen atoms in total. The average molecular weight is 545 g/mol. The lowest BCUT2D eigenvalue weighted by Gasteiger charge is -2.07. The van der Waals surface area contributed by atoms with E-state index in [1.165, 1.54) is 54.0 Å². The Bertz CT molecular complexity index is 1980. The van der Waals surface area contributed by atoms with E-state index in [4.69, 9.17) is 11.5 Å². The molecule has 0 aliphatic heterocycles. The molecule has 6 rings (SSSR count). The summed E-state index contributed by atoms with van der Waals surface area (Å²) in [5.74, 6) is 0. The van der Waals surface area contributed by atoms with E-state index in [9.17, 15) is 19.2 Å². The molecule has 10 heteroatoms. The molecule has 0 fully saturated rings. The van der Waals surface area contributed by atoms with E-state index in [-0.39, 0.29) is 48.8 Å². The van der Waals surface area contributed by atoms with Gasteiger partial charge in [0.1, 0.15) is 4.83 Å². The minimum absolute atomic E-state index is 0.128. The summed E-state index contributed by atoms with van der Waals surface area (Å²) in [6.07, 6.45) is 6.97. The van der Waals surface area contributed by atoms with E-state index in [0.29, 0.717) is 0 Å². The number of nitrogens with two attached hydrogens (primary N) is 2. The lowest BCUT2D eigenvalue weighted by Crippen LogP contribution is -2.23. The first-order valence-corrected chi connectivity index (χ1v) is 14.2. The molecule has 0 saturated carbocycles. The van der Waals surface area contributed by atoms with Crippen LogP contribution in [0.2, 0.25) is 0 Å². The van der Waals surface area contributed by atoms with Crippen molar-refractivity contribution in [3.8, 4) is 5.13 Å². The van der Waals surface area contributed by atoms with Crippen LogP contribution in [0, 0.1) is 0 Å². The van der Waals surface area contributed by atoms with Gasteiger partial charge in [-0.25, -0.2) is 9.55 Å². The second-order valence-corrected chi connectivity index (χ2v) is 11.6. The zero-order chi connectivity index (χ0) is 26.7. The largest absolute Gasteiger partial charge is 0.397 e. The topological polar surface area (TPSA) is 138 Å². The van der Waals surface area contributed by atoms with Gasteiger partial charge in [-0.3, -0.25) is 19.2 Å². The highest BCUT2D eigenvalue weighted by Gasteiger charge is 2.27. The third-order valence-electron chi connectivity index (χ3n) is 7.13. The molecule has 0 amide bonds. The molecule has 3 heterocycles. The molecule has 4 N–H and O–H groups in total. The van der Waals surface area contributed by atoms with Crippen molar-refractivity contribution in [1.29, 1.82) is 0 Å². The Hall–Kier alpha value is -3.89. The van der Waals surface area contributed by atoms with Crippen LogP contribution in [-0.4, -0.2) is 9.55 Å². The van der Waals surface area contributed by atoms with Gasteiger partial charge in [0.15, 0.2) is 10.9 Å². The maximum atomic E-state index is 13.5. The van der Waals surface area contributed by atoms with Crippen molar-refractivity contribution in [3.63, 3.8) is 0 Å². The maximum absolute atomic E-state index is 13.5. The highest BCUT2D eigenvalue weighted by Crippen LogP contribution is 2.35. The van der Waals surface area contributed by atoms with Crippen LogP contribution in [-0.2, 0) is 6.42 Å². The molecule has 3 aromatic heterocycles. The number of nitrogens with zero attached hydrogens (tertiary/aromatic N) is 2. The number of hydrogen-bond acceptors (Lipinski definition) is 9. The highest BCUT2D eigenvalue weighted by atomic mass is 32.1. The van der Waals surface area contributed by atoms with Crippen molar-refractivity contribution in [3.05, 3.63) is 76.4 Å². The van der Waals surface area contributed by atoms with E-state index < -0.39 is 22.0 Å². The molecule has 0 saturated heterocycles. The summed E-state index contributed by atoms with van der Waals surface area (Å²) < 4.78 is 1.85. The first-order chi connectivity index (χ1) is 18.3. The molecule has 0 aliphatic rings. The number of aryl methyl sites for hydroxylation is 1. The van der Waals surface area contributed by atoms with Crippen LogP contribution in [0.1, 0.15) is 43.9 Å². The van der Waals surface area contributed by atoms with Gasteiger partial charge < -0.3 is 11.5 Å². The molecule has 192 valence electrons. The predicted octanol–water partition coefficient (Wildman–Crippen LogP) is 4.60. The van der Waals surface area contributed by atoms with Crippen LogP contribution in [0.5, 0.6) is 0 Å². The van der Waals surface area contributed by atoms with Crippen LogP contribution in [0.4, 0.5) is 11.4 Å². The Labute approximate surface area is 223 Å². The molecular formula is C28H24N4O4S2. The Morgan fingerprint density at radius 2 is 1.37 bits per heavy atom. The molecule has 0 atom stereocenters. The number of fused-ring (bicyclic) bond motifs is 4. The summed E-state index contributed by atoms with van der Waals surface area (Å²) in [7, 11) is 0. The van der Waals surface area contributed by atoms with Gasteiger partial charge in [-0.1, -0.05) is 68.2 Å². The number of nitrogen functional groups attached to an aromatic ring is 2. The summed E-state index contributed by atoms with van der Waals surface area (Å²) in [6.45, 7) is 2.19. The fourth-order valence-corrected chi connectivity index (χ4v) is 7.51. The number of thiophene rings is 1. The van der Waals surface area contributed by atoms with Gasteiger partial charge in [0.05, 0.1) is 37.6 Å². The van der Waals surface area contributed by atoms with Gasteiger partial charge in [-0.05, 0) is 18.9 Å². The Morgan fingerprint density at radius 1 is 0.789 bits per heavy atom. The predicted molar refractivity (Wildman–Crippen MR) is 158 cm³/mol. The summed E-state index contributed by atoms with van der Waals surface area (Å²) >= 11 is 2.80. The molecule has 0 spiro atoms. The minimum atomic E-state index is -0.700. The van der Waals surface area contributed by atoms with E-state index >= 15 is 0 Å². The van der Waals surface area contributed by atoms with Crippen LogP contribution in [0.3, 0.4) is 0 Å².